The Morgan fingerprint density at radius 3 is 2.60 bits per heavy atom. The van der Waals surface area contributed by atoms with Crippen molar-refractivity contribution >= 4 is 68.1 Å². The highest BCUT2D eigenvalue weighted by molar-refractivity contribution is 9.10. The maximum atomic E-state index is 13.6. The highest BCUT2D eigenvalue weighted by atomic mass is 79.9. The first kappa shape index (κ1) is 30.0. The lowest BCUT2D eigenvalue weighted by Crippen LogP contribution is -2.43. The number of thiocarbonyl (C=S) groups is 1. The van der Waals surface area contributed by atoms with E-state index < -0.39 is 17.9 Å². The average molecular weight is 650 g/mol. The van der Waals surface area contributed by atoms with Crippen molar-refractivity contribution in [2.24, 2.45) is 0 Å². The number of halogens is 1. The molecule has 4 rings (SSSR count). The molecule has 2 aliphatic rings. The molecule has 0 aliphatic carbocycles. The SMILES string of the molecule is CCCOC(=O)C(c1ccccc1)N1C(=O)/C(=C\c2cc(Br)c(OCC(=O)N3CCOCC3)c(OC)c2)SC1=S. The van der Waals surface area contributed by atoms with Crippen molar-refractivity contribution in [2.45, 2.75) is 19.4 Å². The van der Waals surface area contributed by atoms with E-state index >= 15 is 0 Å². The number of thioether (sulfide) groups is 1. The number of hydrogen-bond acceptors (Lipinski definition) is 9. The Bertz CT molecular complexity index is 1300. The number of benzene rings is 2. The zero-order valence-electron chi connectivity index (χ0n) is 22.1. The second-order valence-corrected chi connectivity index (χ2v) is 11.4. The van der Waals surface area contributed by atoms with Crippen LogP contribution in [0.4, 0.5) is 0 Å². The Hall–Kier alpha value is -2.93. The summed E-state index contributed by atoms with van der Waals surface area (Å²) in [4.78, 5) is 42.5. The van der Waals surface area contributed by atoms with Crippen LogP contribution < -0.4 is 9.47 Å². The molecule has 2 saturated heterocycles. The van der Waals surface area contributed by atoms with Gasteiger partial charge in [0.05, 0.1) is 36.3 Å². The number of hydrogen-bond donors (Lipinski definition) is 0. The van der Waals surface area contributed by atoms with E-state index in [9.17, 15) is 14.4 Å². The molecule has 2 aromatic carbocycles. The first-order valence-corrected chi connectivity index (χ1v) is 14.7. The van der Waals surface area contributed by atoms with Crippen molar-refractivity contribution in [3.8, 4) is 11.5 Å². The third-order valence-corrected chi connectivity index (χ3v) is 8.04. The maximum Gasteiger partial charge on any atom is 0.333 e. The van der Waals surface area contributed by atoms with Crippen LogP contribution in [0.15, 0.2) is 51.8 Å². The summed E-state index contributed by atoms with van der Waals surface area (Å²) in [6, 6.07) is 11.4. The van der Waals surface area contributed by atoms with Crippen LogP contribution in [0.2, 0.25) is 0 Å². The van der Waals surface area contributed by atoms with E-state index in [2.05, 4.69) is 15.9 Å². The molecular formula is C28H29BrN2O7S2. The third kappa shape index (κ3) is 7.03. The van der Waals surface area contributed by atoms with Crippen LogP contribution in [0, 0.1) is 0 Å². The molecule has 2 aromatic rings. The van der Waals surface area contributed by atoms with Crippen molar-refractivity contribution in [1.82, 2.24) is 9.80 Å². The average Bonchev–Trinajstić information content (AvgIpc) is 3.24. The van der Waals surface area contributed by atoms with Crippen molar-refractivity contribution in [3.05, 3.63) is 63.0 Å². The van der Waals surface area contributed by atoms with Gasteiger partial charge >= 0.3 is 5.97 Å². The molecule has 9 nitrogen and oxygen atoms in total. The Morgan fingerprint density at radius 2 is 1.93 bits per heavy atom. The minimum atomic E-state index is -0.993. The fraction of sp³-hybridized carbons (Fsp3) is 0.357. The van der Waals surface area contributed by atoms with Gasteiger partial charge in [-0.3, -0.25) is 14.5 Å². The predicted molar refractivity (Wildman–Crippen MR) is 159 cm³/mol. The highest BCUT2D eigenvalue weighted by Gasteiger charge is 2.42. The lowest BCUT2D eigenvalue weighted by molar-refractivity contribution is -0.151. The normalized spacial score (nSPS) is 17.2. The standard InChI is InChI=1S/C28H29BrN2O7S2/c1-3-11-37-27(34)24(19-7-5-4-6-8-19)31-26(33)22(40-28(31)39)16-18-14-20(29)25(21(15-18)35-2)38-17-23(32)30-9-12-36-13-10-30/h4-8,14-16,24H,3,9-13,17H2,1-2H3/b22-16+. The van der Waals surface area contributed by atoms with E-state index in [-0.39, 0.29) is 23.4 Å². The van der Waals surface area contributed by atoms with Crippen molar-refractivity contribution in [2.75, 3.05) is 46.6 Å². The van der Waals surface area contributed by atoms with Gasteiger partial charge in [0.15, 0.2) is 24.1 Å². The smallest absolute Gasteiger partial charge is 0.333 e. The summed E-state index contributed by atoms with van der Waals surface area (Å²) in [5.41, 5.74) is 1.25. The Labute approximate surface area is 250 Å². The Balaban J connectivity index is 1.55. The molecule has 12 heteroatoms. The lowest BCUT2D eigenvalue weighted by atomic mass is 10.1. The fourth-order valence-electron chi connectivity index (χ4n) is 4.16. The van der Waals surface area contributed by atoms with Crippen LogP contribution >= 0.6 is 39.9 Å². The molecule has 1 unspecified atom stereocenters. The molecule has 2 fully saturated rings. The van der Waals surface area contributed by atoms with Crippen LogP contribution in [-0.4, -0.2) is 78.5 Å². The van der Waals surface area contributed by atoms with Gasteiger partial charge in [0.1, 0.15) is 4.32 Å². The molecular weight excluding hydrogens is 620 g/mol. The van der Waals surface area contributed by atoms with Crippen LogP contribution in [0.1, 0.15) is 30.5 Å². The molecule has 0 saturated carbocycles. The number of carbonyl (C=O) groups excluding carboxylic acids is 3. The predicted octanol–water partition coefficient (Wildman–Crippen LogP) is 4.59. The van der Waals surface area contributed by atoms with Gasteiger partial charge in [0.2, 0.25) is 0 Å². The van der Waals surface area contributed by atoms with Gasteiger partial charge in [-0.25, -0.2) is 4.79 Å². The first-order valence-electron chi connectivity index (χ1n) is 12.7. The molecule has 0 spiro atoms. The monoisotopic (exact) mass is 648 g/mol. The summed E-state index contributed by atoms with van der Waals surface area (Å²) in [6.07, 6.45) is 2.33. The second-order valence-electron chi connectivity index (χ2n) is 8.85. The van der Waals surface area contributed by atoms with E-state index in [0.717, 1.165) is 11.8 Å². The van der Waals surface area contributed by atoms with Gasteiger partial charge in [0, 0.05) is 13.1 Å². The summed E-state index contributed by atoms with van der Waals surface area (Å²) >= 11 is 10.2. The van der Waals surface area contributed by atoms with Crippen molar-refractivity contribution in [1.29, 1.82) is 0 Å². The number of carbonyl (C=O) groups is 3. The number of methoxy groups -OCH3 is 1. The zero-order valence-corrected chi connectivity index (χ0v) is 25.3. The zero-order chi connectivity index (χ0) is 28.6. The van der Waals surface area contributed by atoms with Crippen molar-refractivity contribution < 1.29 is 33.3 Å². The van der Waals surface area contributed by atoms with Gasteiger partial charge in [0.25, 0.3) is 11.8 Å². The van der Waals surface area contributed by atoms with E-state index in [1.807, 2.05) is 13.0 Å². The van der Waals surface area contributed by atoms with Crippen LogP contribution in [0.5, 0.6) is 11.5 Å². The number of amides is 2. The van der Waals surface area contributed by atoms with E-state index in [1.54, 1.807) is 47.4 Å². The molecule has 212 valence electrons. The summed E-state index contributed by atoms with van der Waals surface area (Å²) in [6.45, 7) is 4.06. The van der Waals surface area contributed by atoms with Gasteiger partial charge in [-0.05, 0) is 51.7 Å². The molecule has 0 bridgehead atoms. The third-order valence-electron chi connectivity index (χ3n) is 6.12. The van der Waals surface area contributed by atoms with Gasteiger partial charge in [-0.15, -0.1) is 0 Å². The first-order chi connectivity index (χ1) is 19.3. The molecule has 0 radical (unpaired) electrons. The molecule has 0 N–H and O–H groups in total. The van der Waals surface area contributed by atoms with E-state index in [4.69, 9.17) is 31.2 Å². The topological polar surface area (TPSA) is 94.6 Å². The van der Waals surface area contributed by atoms with Crippen molar-refractivity contribution in [3.63, 3.8) is 0 Å². The number of morpholine rings is 1. The minimum Gasteiger partial charge on any atom is -0.493 e. The van der Waals surface area contributed by atoms with Gasteiger partial charge in [-0.2, -0.15) is 0 Å². The number of ether oxygens (including phenoxy) is 4. The summed E-state index contributed by atoms with van der Waals surface area (Å²) in [5.74, 6) is -0.324. The van der Waals surface area contributed by atoms with Crippen LogP contribution in [-0.2, 0) is 23.9 Å². The Morgan fingerprint density at radius 1 is 1.20 bits per heavy atom. The molecule has 2 amide bonds. The fourth-order valence-corrected chi connectivity index (χ4v) is 6.05. The van der Waals surface area contributed by atoms with Crippen LogP contribution in [0.25, 0.3) is 6.08 Å². The molecule has 1 atom stereocenters. The van der Waals surface area contributed by atoms with E-state index in [0.29, 0.717) is 64.7 Å². The summed E-state index contributed by atoms with van der Waals surface area (Å²) in [5, 5.41) is 0. The number of esters is 1. The molecule has 2 aliphatic heterocycles. The quantitative estimate of drug-likeness (QED) is 0.208. The second kappa shape index (κ2) is 14.1. The lowest BCUT2D eigenvalue weighted by Gasteiger charge is -2.27. The minimum absolute atomic E-state index is 0.143. The molecule has 40 heavy (non-hydrogen) atoms. The number of nitrogens with zero attached hydrogens (tertiary/aromatic N) is 2. The maximum absolute atomic E-state index is 13.6. The highest BCUT2D eigenvalue weighted by Crippen LogP contribution is 2.41. The summed E-state index contributed by atoms with van der Waals surface area (Å²) in [7, 11) is 1.49. The Kier molecular flexibility index (Phi) is 10.6. The summed E-state index contributed by atoms with van der Waals surface area (Å²) < 4.78 is 22.9. The number of rotatable bonds is 10. The largest absolute Gasteiger partial charge is 0.493 e. The van der Waals surface area contributed by atoms with Gasteiger partial charge < -0.3 is 23.8 Å². The molecule has 2 heterocycles. The van der Waals surface area contributed by atoms with Gasteiger partial charge in [-0.1, -0.05) is 61.2 Å². The van der Waals surface area contributed by atoms with Crippen LogP contribution in [0.3, 0.4) is 0 Å². The molecule has 0 aromatic heterocycles. The van der Waals surface area contributed by atoms with E-state index in [1.165, 1.54) is 12.0 Å².